The van der Waals surface area contributed by atoms with Gasteiger partial charge in [-0.3, -0.25) is 4.79 Å². The van der Waals surface area contributed by atoms with Crippen molar-refractivity contribution in [2.24, 2.45) is 0 Å². The molecule has 72 valence electrons. The number of benzene rings is 1. The minimum absolute atomic E-state index is 0.0955. The summed E-state index contributed by atoms with van der Waals surface area (Å²) < 4.78 is 0. The van der Waals surface area contributed by atoms with Crippen molar-refractivity contribution in [2.45, 2.75) is 0 Å². The van der Waals surface area contributed by atoms with Crippen molar-refractivity contribution in [3.05, 3.63) is 35.4 Å². The van der Waals surface area contributed by atoms with Gasteiger partial charge in [-0.1, -0.05) is 11.8 Å². The van der Waals surface area contributed by atoms with E-state index in [-0.39, 0.29) is 5.91 Å². The fraction of sp³-hybridized carbons (Fsp3) is 0.182. The highest BCUT2D eigenvalue weighted by atomic mass is 35.5. The fourth-order valence-electron chi connectivity index (χ4n) is 0.985. The number of amides is 1. The van der Waals surface area contributed by atoms with Crippen molar-refractivity contribution in [2.75, 3.05) is 12.9 Å². The van der Waals surface area contributed by atoms with Gasteiger partial charge < -0.3 is 5.32 Å². The van der Waals surface area contributed by atoms with Gasteiger partial charge in [-0.25, -0.2) is 0 Å². The maximum absolute atomic E-state index is 11.2. The van der Waals surface area contributed by atoms with E-state index in [4.69, 9.17) is 11.6 Å². The van der Waals surface area contributed by atoms with Crippen molar-refractivity contribution in [3.8, 4) is 11.8 Å². The van der Waals surface area contributed by atoms with Crippen LogP contribution in [0.15, 0.2) is 24.3 Å². The first-order valence-corrected chi connectivity index (χ1v) is 4.68. The predicted octanol–water partition coefficient (Wildman–Crippen LogP) is 1.64. The van der Waals surface area contributed by atoms with Gasteiger partial charge in [0.15, 0.2) is 0 Å². The SMILES string of the molecule is CNC(=O)c1ccc(C#CCCl)cc1. The van der Waals surface area contributed by atoms with Gasteiger partial charge in [0.1, 0.15) is 0 Å². The van der Waals surface area contributed by atoms with Crippen LogP contribution < -0.4 is 5.32 Å². The molecule has 0 bridgehead atoms. The zero-order valence-electron chi connectivity index (χ0n) is 7.80. The molecule has 1 amide bonds. The number of alkyl halides is 1. The van der Waals surface area contributed by atoms with Crippen LogP contribution in [0.3, 0.4) is 0 Å². The lowest BCUT2D eigenvalue weighted by Crippen LogP contribution is -2.17. The molecule has 0 atom stereocenters. The van der Waals surface area contributed by atoms with E-state index in [2.05, 4.69) is 17.2 Å². The number of halogens is 1. The highest BCUT2D eigenvalue weighted by Crippen LogP contribution is 2.02. The summed E-state index contributed by atoms with van der Waals surface area (Å²) in [5.41, 5.74) is 1.49. The molecule has 0 aromatic heterocycles. The Labute approximate surface area is 88.3 Å². The summed E-state index contributed by atoms with van der Waals surface area (Å²) in [7, 11) is 1.60. The highest BCUT2D eigenvalue weighted by molar-refractivity contribution is 6.19. The van der Waals surface area contributed by atoms with Crippen molar-refractivity contribution in [1.82, 2.24) is 5.32 Å². The van der Waals surface area contributed by atoms with E-state index in [0.29, 0.717) is 11.4 Å². The van der Waals surface area contributed by atoms with Crippen molar-refractivity contribution in [1.29, 1.82) is 0 Å². The first-order valence-electron chi connectivity index (χ1n) is 4.15. The summed E-state index contributed by atoms with van der Waals surface area (Å²) in [5, 5.41) is 2.55. The lowest BCUT2D eigenvalue weighted by molar-refractivity contribution is 0.0963. The molecule has 0 spiro atoms. The predicted molar refractivity (Wildman–Crippen MR) is 57.4 cm³/mol. The van der Waals surface area contributed by atoms with Crippen LogP contribution in [-0.2, 0) is 0 Å². The molecule has 0 saturated carbocycles. The van der Waals surface area contributed by atoms with E-state index in [9.17, 15) is 4.79 Å². The Morgan fingerprint density at radius 2 is 2.07 bits per heavy atom. The van der Waals surface area contributed by atoms with Gasteiger partial charge in [0.25, 0.3) is 5.91 Å². The Morgan fingerprint density at radius 1 is 1.43 bits per heavy atom. The van der Waals surface area contributed by atoms with Gasteiger partial charge >= 0.3 is 0 Å². The molecule has 1 aromatic carbocycles. The normalized spacial score (nSPS) is 8.71. The Morgan fingerprint density at radius 3 is 2.57 bits per heavy atom. The standard InChI is InChI=1S/C11H10ClNO/c1-13-11(14)10-6-4-9(5-7-10)3-2-8-12/h4-7H,8H2,1H3,(H,13,14). The molecule has 0 saturated heterocycles. The Hall–Kier alpha value is -1.46. The Bertz CT molecular complexity index is 373. The Balaban J connectivity index is 2.83. The number of hydrogen-bond donors (Lipinski definition) is 1. The molecule has 1 N–H and O–H groups in total. The van der Waals surface area contributed by atoms with Crippen LogP contribution >= 0.6 is 11.6 Å². The molecular formula is C11H10ClNO. The highest BCUT2D eigenvalue weighted by Gasteiger charge is 2.00. The molecule has 0 aliphatic heterocycles. The molecule has 2 nitrogen and oxygen atoms in total. The van der Waals surface area contributed by atoms with Crippen molar-refractivity contribution >= 4 is 17.5 Å². The summed E-state index contributed by atoms with van der Waals surface area (Å²) in [5.74, 6) is 5.83. The molecule has 1 rings (SSSR count). The van der Waals surface area contributed by atoms with Gasteiger partial charge in [-0.2, -0.15) is 0 Å². The zero-order chi connectivity index (χ0) is 10.4. The lowest BCUT2D eigenvalue weighted by atomic mass is 10.1. The van der Waals surface area contributed by atoms with Gasteiger partial charge in [0.2, 0.25) is 0 Å². The summed E-state index contributed by atoms with van der Waals surface area (Å²) >= 11 is 5.42. The molecule has 0 aliphatic rings. The van der Waals surface area contributed by atoms with Crippen LogP contribution in [-0.4, -0.2) is 18.8 Å². The third-order valence-electron chi connectivity index (χ3n) is 1.67. The molecule has 3 heteroatoms. The zero-order valence-corrected chi connectivity index (χ0v) is 8.56. The third kappa shape index (κ3) is 2.79. The van der Waals surface area contributed by atoms with Gasteiger partial charge in [-0.15, -0.1) is 11.6 Å². The average molecular weight is 208 g/mol. The number of rotatable bonds is 1. The molecule has 0 aliphatic carbocycles. The minimum Gasteiger partial charge on any atom is -0.355 e. The second-order valence-electron chi connectivity index (χ2n) is 2.59. The monoisotopic (exact) mass is 207 g/mol. The second kappa shape index (κ2) is 5.31. The second-order valence-corrected chi connectivity index (χ2v) is 2.86. The topological polar surface area (TPSA) is 29.1 Å². The summed E-state index contributed by atoms with van der Waals surface area (Å²) in [6.07, 6.45) is 0. The first-order chi connectivity index (χ1) is 6.77. The van der Waals surface area contributed by atoms with E-state index < -0.39 is 0 Å². The summed E-state index contributed by atoms with van der Waals surface area (Å²) in [6, 6.07) is 7.06. The lowest BCUT2D eigenvalue weighted by Gasteiger charge is -1.98. The molecule has 14 heavy (non-hydrogen) atoms. The quantitative estimate of drug-likeness (QED) is 0.551. The van der Waals surface area contributed by atoms with Crippen LogP contribution in [0.25, 0.3) is 0 Å². The van der Waals surface area contributed by atoms with Crippen molar-refractivity contribution < 1.29 is 4.79 Å². The maximum atomic E-state index is 11.2. The molecule has 0 fully saturated rings. The third-order valence-corrected chi connectivity index (χ3v) is 1.81. The van der Waals surface area contributed by atoms with E-state index in [0.717, 1.165) is 5.56 Å². The fourth-order valence-corrected chi connectivity index (χ4v) is 1.05. The van der Waals surface area contributed by atoms with Gasteiger partial charge in [-0.05, 0) is 24.3 Å². The average Bonchev–Trinajstić information content (AvgIpc) is 2.26. The van der Waals surface area contributed by atoms with Gasteiger partial charge in [0, 0.05) is 18.2 Å². The van der Waals surface area contributed by atoms with Crippen molar-refractivity contribution in [3.63, 3.8) is 0 Å². The molecule has 0 unspecified atom stereocenters. The summed E-state index contributed by atoms with van der Waals surface area (Å²) in [6.45, 7) is 0. The molecule has 1 aromatic rings. The number of nitrogens with one attached hydrogen (secondary N) is 1. The van der Waals surface area contributed by atoms with E-state index >= 15 is 0 Å². The number of carbonyl (C=O) groups excluding carboxylic acids is 1. The van der Waals surface area contributed by atoms with E-state index in [1.807, 2.05) is 0 Å². The summed E-state index contributed by atoms with van der Waals surface area (Å²) in [4.78, 5) is 11.2. The van der Waals surface area contributed by atoms with E-state index in [1.165, 1.54) is 0 Å². The molecular weight excluding hydrogens is 198 g/mol. The van der Waals surface area contributed by atoms with Crippen LogP contribution in [0.5, 0.6) is 0 Å². The molecule has 0 radical (unpaired) electrons. The number of carbonyl (C=O) groups is 1. The smallest absolute Gasteiger partial charge is 0.251 e. The minimum atomic E-state index is -0.0955. The van der Waals surface area contributed by atoms with Crippen LogP contribution in [0.4, 0.5) is 0 Å². The van der Waals surface area contributed by atoms with Crippen LogP contribution in [0.1, 0.15) is 15.9 Å². The van der Waals surface area contributed by atoms with Gasteiger partial charge in [0.05, 0.1) is 5.88 Å². The molecule has 0 heterocycles. The Kier molecular flexibility index (Phi) is 4.03. The maximum Gasteiger partial charge on any atom is 0.251 e. The van der Waals surface area contributed by atoms with Crippen LogP contribution in [0.2, 0.25) is 0 Å². The van der Waals surface area contributed by atoms with Crippen LogP contribution in [0, 0.1) is 11.8 Å². The number of hydrogen-bond acceptors (Lipinski definition) is 1. The first kappa shape index (κ1) is 10.6. The van der Waals surface area contributed by atoms with E-state index in [1.54, 1.807) is 31.3 Å². The largest absolute Gasteiger partial charge is 0.355 e.